The normalized spacial score (nSPS) is 21.0. The third-order valence-corrected chi connectivity index (χ3v) is 3.39. The van der Waals surface area contributed by atoms with E-state index in [9.17, 15) is 0 Å². The molecule has 1 unspecified atom stereocenters. The number of hydrogen-bond donors (Lipinski definition) is 1. The van der Waals surface area contributed by atoms with Crippen molar-refractivity contribution in [3.05, 3.63) is 12.2 Å². The average molecular weight is 236 g/mol. The van der Waals surface area contributed by atoms with E-state index in [1.54, 1.807) is 0 Å². The molecule has 1 atom stereocenters. The zero-order valence-corrected chi connectivity index (χ0v) is 11.0. The molecule has 0 aromatic carbocycles. The number of nitrogens with one attached hydrogen (secondary N) is 1. The van der Waals surface area contributed by atoms with Crippen LogP contribution >= 0.6 is 0 Å². The van der Waals surface area contributed by atoms with E-state index < -0.39 is 0 Å². The monoisotopic (exact) mass is 236 g/mol. The third-order valence-electron chi connectivity index (χ3n) is 3.39. The second kappa shape index (κ2) is 6.15. The van der Waals surface area contributed by atoms with Gasteiger partial charge in [-0.15, -0.1) is 10.2 Å². The van der Waals surface area contributed by atoms with Crippen molar-refractivity contribution < 1.29 is 0 Å². The van der Waals surface area contributed by atoms with Gasteiger partial charge in [0.05, 0.1) is 0 Å². The molecule has 0 aliphatic carbocycles. The summed E-state index contributed by atoms with van der Waals surface area (Å²) in [4.78, 5) is 0. The molecule has 1 aromatic heterocycles. The summed E-state index contributed by atoms with van der Waals surface area (Å²) in [7, 11) is 0. The molecule has 4 nitrogen and oxygen atoms in total. The minimum absolute atomic E-state index is 0.651. The number of rotatable bonds is 5. The first-order chi connectivity index (χ1) is 8.25. The molecule has 0 saturated carbocycles. The zero-order chi connectivity index (χ0) is 12.1. The Bertz CT molecular complexity index is 326. The Balaban J connectivity index is 1.83. The first-order valence-electron chi connectivity index (χ1n) is 6.86. The van der Waals surface area contributed by atoms with Gasteiger partial charge in [0.1, 0.15) is 12.2 Å². The lowest BCUT2D eigenvalue weighted by atomic mass is 10.0. The summed E-state index contributed by atoms with van der Waals surface area (Å²) in [6.45, 7) is 6.67. The average Bonchev–Trinajstić information content (AvgIpc) is 2.74. The van der Waals surface area contributed by atoms with E-state index in [4.69, 9.17) is 0 Å². The molecular weight excluding hydrogens is 212 g/mol. The van der Waals surface area contributed by atoms with Crippen LogP contribution in [0.1, 0.15) is 45.4 Å². The molecule has 0 spiro atoms. The van der Waals surface area contributed by atoms with Crippen LogP contribution in [0.3, 0.4) is 0 Å². The van der Waals surface area contributed by atoms with Gasteiger partial charge in [-0.25, -0.2) is 0 Å². The molecule has 1 saturated heterocycles. The van der Waals surface area contributed by atoms with Crippen molar-refractivity contribution in [2.75, 3.05) is 6.54 Å². The van der Waals surface area contributed by atoms with Crippen molar-refractivity contribution in [1.82, 2.24) is 20.1 Å². The Morgan fingerprint density at radius 2 is 2.35 bits per heavy atom. The van der Waals surface area contributed by atoms with E-state index >= 15 is 0 Å². The van der Waals surface area contributed by atoms with Crippen LogP contribution in [0.25, 0.3) is 0 Å². The van der Waals surface area contributed by atoms with Crippen LogP contribution in [-0.4, -0.2) is 27.4 Å². The number of aryl methyl sites for hydroxylation is 1. The second-order valence-electron chi connectivity index (χ2n) is 5.48. The molecule has 0 bridgehead atoms. The molecule has 4 heteroatoms. The topological polar surface area (TPSA) is 42.7 Å². The van der Waals surface area contributed by atoms with Crippen molar-refractivity contribution in [2.45, 2.75) is 58.5 Å². The Morgan fingerprint density at radius 3 is 3.06 bits per heavy atom. The van der Waals surface area contributed by atoms with E-state index in [0.717, 1.165) is 18.8 Å². The van der Waals surface area contributed by atoms with Gasteiger partial charge in [0.25, 0.3) is 0 Å². The van der Waals surface area contributed by atoms with Crippen LogP contribution in [0.5, 0.6) is 0 Å². The summed E-state index contributed by atoms with van der Waals surface area (Å²) < 4.78 is 2.20. The lowest BCUT2D eigenvalue weighted by Gasteiger charge is -2.23. The van der Waals surface area contributed by atoms with Gasteiger partial charge in [-0.3, -0.25) is 0 Å². The smallest absolute Gasteiger partial charge is 0.132 e. The summed E-state index contributed by atoms with van der Waals surface area (Å²) in [6, 6.07) is 0.688. The first-order valence-corrected chi connectivity index (χ1v) is 6.86. The first kappa shape index (κ1) is 12.6. The number of nitrogens with zero attached hydrogens (tertiary/aromatic N) is 3. The molecule has 96 valence electrons. The van der Waals surface area contributed by atoms with E-state index in [1.807, 2.05) is 6.33 Å². The fourth-order valence-electron chi connectivity index (χ4n) is 2.49. The van der Waals surface area contributed by atoms with Gasteiger partial charge in [-0.1, -0.05) is 20.3 Å². The van der Waals surface area contributed by atoms with Crippen LogP contribution in [0.4, 0.5) is 0 Å². The van der Waals surface area contributed by atoms with Crippen LogP contribution < -0.4 is 5.32 Å². The van der Waals surface area contributed by atoms with E-state index in [2.05, 4.69) is 33.9 Å². The number of piperidine rings is 1. The quantitative estimate of drug-likeness (QED) is 0.850. The summed E-state index contributed by atoms with van der Waals surface area (Å²) in [6.07, 6.45) is 8.12. The van der Waals surface area contributed by atoms with Gasteiger partial charge in [-0.05, 0) is 31.7 Å². The van der Waals surface area contributed by atoms with E-state index in [1.165, 1.54) is 32.2 Å². The molecule has 1 aliphatic heterocycles. The predicted octanol–water partition coefficient (Wildman–Crippen LogP) is 2.01. The van der Waals surface area contributed by atoms with Crippen molar-refractivity contribution in [3.63, 3.8) is 0 Å². The molecule has 0 radical (unpaired) electrons. The van der Waals surface area contributed by atoms with Crippen molar-refractivity contribution in [1.29, 1.82) is 0 Å². The highest BCUT2D eigenvalue weighted by Crippen LogP contribution is 2.13. The Labute approximate surface area is 104 Å². The SMILES string of the molecule is CC(C)Cn1cnnc1CCC1CCCCN1. The Morgan fingerprint density at radius 1 is 1.47 bits per heavy atom. The molecule has 1 aliphatic rings. The fourth-order valence-corrected chi connectivity index (χ4v) is 2.49. The molecular formula is C13H24N4. The molecule has 1 N–H and O–H groups in total. The van der Waals surface area contributed by atoms with Gasteiger partial charge in [-0.2, -0.15) is 0 Å². The molecule has 2 rings (SSSR count). The van der Waals surface area contributed by atoms with Crippen molar-refractivity contribution in [3.8, 4) is 0 Å². The van der Waals surface area contributed by atoms with Crippen LogP contribution in [0, 0.1) is 5.92 Å². The molecule has 17 heavy (non-hydrogen) atoms. The molecule has 2 heterocycles. The zero-order valence-electron chi connectivity index (χ0n) is 11.0. The van der Waals surface area contributed by atoms with E-state index in [0.29, 0.717) is 12.0 Å². The fraction of sp³-hybridized carbons (Fsp3) is 0.846. The van der Waals surface area contributed by atoms with Crippen LogP contribution in [0.15, 0.2) is 6.33 Å². The second-order valence-corrected chi connectivity index (χ2v) is 5.48. The Kier molecular flexibility index (Phi) is 4.54. The highest BCUT2D eigenvalue weighted by molar-refractivity contribution is 4.88. The van der Waals surface area contributed by atoms with Gasteiger partial charge >= 0.3 is 0 Å². The van der Waals surface area contributed by atoms with Gasteiger partial charge in [0.2, 0.25) is 0 Å². The maximum atomic E-state index is 4.24. The standard InChI is InChI=1S/C13H24N4/c1-11(2)9-17-10-15-16-13(17)7-6-12-5-3-4-8-14-12/h10-12,14H,3-9H2,1-2H3. The van der Waals surface area contributed by atoms with Crippen LogP contribution in [-0.2, 0) is 13.0 Å². The summed E-state index contributed by atoms with van der Waals surface area (Å²) in [5.74, 6) is 1.80. The number of hydrogen-bond acceptors (Lipinski definition) is 3. The lowest BCUT2D eigenvalue weighted by Crippen LogP contribution is -2.34. The van der Waals surface area contributed by atoms with Crippen molar-refractivity contribution >= 4 is 0 Å². The predicted molar refractivity (Wildman–Crippen MR) is 68.8 cm³/mol. The Hall–Kier alpha value is -0.900. The van der Waals surface area contributed by atoms with Gasteiger partial charge < -0.3 is 9.88 Å². The largest absolute Gasteiger partial charge is 0.317 e. The lowest BCUT2D eigenvalue weighted by molar-refractivity contribution is 0.377. The van der Waals surface area contributed by atoms with Crippen LogP contribution in [0.2, 0.25) is 0 Å². The highest BCUT2D eigenvalue weighted by Gasteiger charge is 2.14. The molecule has 1 aromatic rings. The highest BCUT2D eigenvalue weighted by atomic mass is 15.3. The molecule has 1 fully saturated rings. The summed E-state index contributed by atoms with van der Waals surface area (Å²) >= 11 is 0. The summed E-state index contributed by atoms with van der Waals surface area (Å²) in [5, 5.41) is 11.9. The minimum atomic E-state index is 0.651. The minimum Gasteiger partial charge on any atom is -0.317 e. The summed E-state index contributed by atoms with van der Waals surface area (Å²) in [5.41, 5.74) is 0. The maximum absolute atomic E-state index is 4.24. The van der Waals surface area contributed by atoms with Gasteiger partial charge in [0.15, 0.2) is 0 Å². The maximum Gasteiger partial charge on any atom is 0.132 e. The van der Waals surface area contributed by atoms with Crippen molar-refractivity contribution in [2.24, 2.45) is 5.92 Å². The number of aromatic nitrogens is 3. The third kappa shape index (κ3) is 3.80. The van der Waals surface area contributed by atoms with E-state index in [-0.39, 0.29) is 0 Å². The molecule has 0 amide bonds. The van der Waals surface area contributed by atoms with Gasteiger partial charge in [0, 0.05) is 19.0 Å².